The highest BCUT2D eigenvalue weighted by atomic mass is 79.9. The van der Waals surface area contributed by atoms with E-state index in [1.165, 1.54) is 23.2 Å². The maximum atomic E-state index is 12.7. The molecular weight excluding hydrogens is 454 g/mol. The van der Waals surface area contributed by atoms with Crippen molar-refractivity contribution >= 4 is 45.2 Å². The van der Waals surface area contributed by atoms with Crippen LogP contribution in [-0.4, -0.2) is 16.7 Å². The minimum Gasteiger partial charge on any atom is -0.457 e. The summed E-state index contributed by atoms with van der Waals surface area (Å²) in [5.74, 6) is -0.277. The summed E-state index contributed by atoms with van der Waals surface area (Å²) in [6.07, 6.45) is 1.37. The lowest BCUT2D eigenvalue weighted by Gasteiger charge is -2.14. The minimum atomic E-state index is -0.532. The van der Waals surface area contributed by atoms with Gasteiger partial charge in [-0.05, 0) is 64.8 Å². The van der Waals surface area contributed by atoms with Crippen molar-refractivity contribution < 1.29 is 18.9 Å². The van der Waals surface area contributed by atoms with Gasteiger partial charge in [-0.2, -0.15) is 0 Å². The van der Waals surface area contributed by atoms with Gasteiger partial charge in [0, 0.05) is 22.2 Å². The van der Waals surface area contributed by atoms with Crippen molar-refractivity contribution in [2.24, 2.45) is 0 Å². The topological polar surface area (TPSA) is 106 Å². The van der Waals surface area contributed by atoms with E-state index in [9.17, 15) is 19.7 Å². The first-order valence-corrected chi connectivity index (χ1v) is 9.61. The molecule has 30 heavy (non-hydrogen) atoms. The Bertz CT molecular complexity index is 1230. The van der Waals surface area contributed by atoms with Gasteiger partial charge < -0.3 is 4.42 Å². The molecule has 2 aromatic carbocycles. The third-order valence-electron chi connectivity index (χ3n) is 4.49. The zero-order valence-electron chi connectivity index (χ0n) is 15.6. The molecule has 150 valence electrons. The van der Waals surface area contributed by atoms with E-state index in [4.69, 9.17) is 4.42 Å². The number of rotatable bonds is 4. The number of hydrazine groups is 1. The van der Waals surface area contributed by atoms with E-state index < -0.39 is 16.7 Å². The molecule has 4 rings (SSSR count). The molecule has 0 atom stereocenters. The molecule has 0 radical (unpaired) electrons. The molecule has 1 aromatic heterocycles. The van der Waals surface area contributed by atoms with Crippen LogP contribution in [0.4, 0.5) is 11.4 Å². The van der Waals surface area contributed by atoms with Crippen molar-refractivity contribution in [2.75, 3.05) is 5.01 Å². The van der Waals surface area contributed by atoms with Crippen molar-refractivity contribution in [3.05, 3.63) is 86.1 Å². The van der Waals surface area contributed by atoms with Gasteiger partial charge in [0.2, 0.25) is 0 Å². The van der Waals surface area contributed by atoms with Gasteiger partial charge in [-0.15, -0.1) is 0 Å². The molecule has 9 heteroatoms. The number of halogens is 1. The van der Waals surface area contributed by atoms with Crippen LogP contribution in [-0.2, 0) is 9.59 Å². The Morgan fingerprint density at radius 2 is 1.93 bits per heavy atom. The number of amides is 2. The number of nitro groups is 1. The molecular formula is C21H14BrN3O5. The van der Waals surface area contributed by atoms with E-state index in [-0.39, 0.29) is 11.3 Å². The zero-order valence-corrected chi connectivity index (χ0v) is 17.2. The van der Waals surface area contributed by atoms with Crippen LogP contribution >= 0.6 is 15.9 Å². The van der Waals surface area contributed by atoms with Gasteiger partial charge in [-0.1, -0.05) is 12.1 Å². The second kappa shape index (κ2) is 7.60. The van der Waals surface area contributed by atoms with E-state index in [2.05, 4.69) is 21.4 Å². The summed E-state index contributed by atoms with van der Waals surface area (Å²) >= 11 is 3.30. The number of carbonyl (C=O) groups excluding carboxylic acids is 2. The average Bonchev–Trinajstić information content (AvgIpc) is 3.28. The third kappa shape index (κ3) is 3.62. The van der Waals surface area contributed by atoms with E-state index in [0.29, 0.717) is 27.2 Å². The number of carbonyl (C=O) groups is 2. The summed E-state index contributed by atoms with van der Waals surface area (Å²) < 4.78 is 6.23. The van der Waals surface area contributed by atoms with Crippen molar-refractivity contribution in [3.63, 3.8) is 0 Å². The van der Waals surface area contributed by atoms with Crippen molar-refractivity contribution in [1.82, 2.24) is 5.43 Å². The molecule has 1 aliphatic rings. The van der Waals surface area contributed by atoms with Crippen LogP contribution in [0.25, 0.3) is 17.4 Å². The third-order valence-corrected chi connectivity index (χ3v) is 5.15. The number of hydrogen-bond donors (Lipinski definition) is 1. The van der Waals surface area contributed by atoms with Gasteiger partial charge in [0.25, 0.3) is 17.5 Å². The molecule has 0 spiro atoms. The number of nitro benzene ring substituents is 1. The molecule has 1 saturated heterocycles. The van der Waals surface area contributed by atoms with Crippen LogP contribution in [0.2, 0.25) is 0 Å². The molecule has 0 bridgehead atoms. The van der Waals surface area contributed by atoms with Crippen molar-refractivity contribution in [3.8, 4) is 11.3 Å². The Hall–Kier alpha value is -3.72. The summed E-state index contributed by atoms with van der Waals surface area (Å²) in [6.45, 7) is 1.89. The van der Waals surface area contributed by atoms with Crippen molar-refractivity contribution in [2.45, 2.75) is 6.92 Å². The highest BCUT2D eigenvalue weighted by Crippen LogP contribution is 2.33. The second-order valence-corrected chi connectivity index (χ2v) is 7.46. The normalized spacial score (nSPS) is 15.0. The first kappa shape index (κ1) is 19.6. The molecule has 0 unspecified atom stereocenters. The lowest BCUT2D eigenvalue weighted by atomic mass is 10.1. The summed E-state index contributed by atoms with van der Waals surface area (Å²) in [4.78, 5) is 35.5. The van der Waals surface area contributed by atoms with Gasteiger partial charge in [0.15, 0.2) is 0 Å². The van der Waals surface area contributed by atoms with Crippen LogP contribution in [0.1, 0.15) is 11.3 Å². The van der Waals surface area contributed by atoms with Gasteiger partial charge in [0.05, 0.1) is 10.6 Å². The number of anilines is 1. The van der Waals surface area contributed by atoms with E-state index in [1.54, 1.807) is 36.4 Å². The molecule has 0 aliphatic carbocycles. The maximum Gasteiger partial charge on any atom is 0.282 e. The largest absolute Gasteiger partial charge is 0.457 e. The number of furan rings is 1. The number of nitrogens with one attached hydrogen (secondary N) is 1. The van der Waals surface area contributed by atoms with E-state index >= 15 is 0 Å². The quantitative estimate of drug-likeness (QED) is 0.265. The summed E-state index contributed by atoms with van der Waals surface area (Å²) in [7, 11) is 0. The Balaban J connectivity index is 1.62. The lowest BCUT2D eigenvalue weighted by molar-refractivity contribution is -0.384. The minimum absolute atomic E-state index is 0.0519. The first-order chi connectivity index (χ1) is 14.3. The van der Waals surface area contributed by atoms with Crippen LogP contribution < -0.4 is 10.4 Å². The highest BCUT2D eigenvalue weighted by molar-refractivity contribution is 9.10. The monoisotopic (exact) mass is 467 g/mol. The fourth-order valence-corrected chi connectivity index (χ4v) is 3.60. The van der Waals surface area contributed by atoms with E-state index in [1.807, 2.05) is 13.0 Å². The van der Waals surface area contributed by atoms with Gasteiger partial charge >= 0.3 is 0 Å². The zero-order chi connectivity index (χ0) is 21.4. The molecule has 1 aliphatic heterocycles. The average molecular weight is 468 g/mol. The predicted octanol–water partition coefficient (Wildman–Crippen LogP) is 4.39. The number of nitrogens with zero attached hydrogens (tertiary/aromatic N) is 2. The standard InChI is InChI=1S/C21H14BrN3O5/c1-12-3-2-4-13(9-12)24-21(27)17(20(26)23-24)11-15-6-8-19(30-15)16-7-5-14(25(28)29)10-18(16)22/h2-11H,1H3,(H,23,26)/b17-11+. The molecule has 0 saturated carbocycles. The molecule has 2 amide bonds. The molecule has 2 heterocycles. The summed E-state index contributed by atoms with van der Waals surface area (Å²) in [6, 6.07) is 14.8. The Morgan fingerprint density at radius 3 is 2.63 bits per heavy atom. The molecule has 1 fully saturated rings. The molecule has 8 nitrogen and oxygen atoms in total. The van der Waals surface area contributed by atoms with Crippen LogP contribution in [0.5, 0.6) is 0 Å². The summed E-state index contributed by atoms with van der Waals surface area (Å²) in [5.41, 5.74) is 4.56. The predicted molar refractivity (Wildman–Crippen MR) is 113 cm³/mol. The smallest absolute Gasteiger partial charge is 0.282 e. The molecule has 3 aromatic rings. The SMILES string of the molecule is Cc1cccc(N2NC(=O)/C(=C\c3ccc(-c4ccc([N+](=O)[O-])cc4Br)o3)C2=O)c1. The van der Waals surface area contributed by atoms with Gasteiger partial charge in [-0.25, -0.2) is 5.01 Å². The fourth-order valence-electron chi connectivity index (χ4n) is 3.04. The van der Waals surface area contributed by atoms with Crippen molar-refractivity contribution in [1.29, 1.82) is 0 Å². The maximum absolute atomic E-state index is 12.7. The Labute approximate surface area is 179 Å². The van der Waals surface area contributed by atoms with Crippen LogP contribution in [0, 0.1) is 17.0 Å². The number of aryl methyl sites for hydroxylation is 1. The molecule has 1 N–H and O–H groups in total. The van der Waals surface area contributed by atoms with Gasteiger partial charge in [0.1, 0.15) is 17.1 Å². The Kier molecular flexibility index (Phi) is 4.96. The Morgan fingerprint density at radius 1 is 1.13 bits per heavy atom. The first-order valence-electron chi connectivity index (χ1n) is 8.81. The van der Waals surface area contributed by atoms with E-state index in [0.717, 1.165) is 5.56 Å². The number of benzene rings is 2. The number of non-ortho nitro benzene ring substituents is 1. The lowest BCUT2D eigenvalue weighted by Crippen LogP contribution is -2.35. The van der Waals surface area contributed by atoms with Gasteiger partial charge in [-0.3, -0.25) is 25.1 Å². The van der Waals surface area contributed by atoms with Crippen LogP contribution in [0.3, 0.4) is 0 Å². The number of hydrogen-bond acceptors (Lipinski definition) is 5. The highest BCUT2D eigenvalue weighted by Gasteiger charge is 2.34. The van der Waals surface area contributed by atoms with Crippen LogP contribution in [0.15, 0.2) is 69.1 Å². The summed E-state index contributed by atoms with van der Waals surface area (Å²) in [5, 5.41) is 12.1. The second-order valence-electron chi connectivity index (χ2n) is 6.60. The fraction of sp³-hybridized carbons (Fsp3) is 0.0476.